The molecule has 1 fully saturated rings. The minimum atomic E-state index is -0.850. The van der Waals surface area contributed by atoms with Crippen LogP contribution >= 0.6 is 11.6 Å². The molecule has 2 rings (SSSR count). The Labute approximate surface area is 163 Å². The number of carbonyl (C=O) groups excluding carboxylic acids is 1. The first kappa shape index (κ1) is 24.5. The Morgan fingerprint density at radius 2 is 1.65 bits per heavy atom. The maximum absolute atomic E-state index is 12.4. The summed E-state index contributed by atoms with van der Waals surface area (Å²) in [6.45, 7) is 0.606. The standard InChI is InChI=1S/C19H25ClNO3.2CH2/c20-17-10-8-14(9-11-18(22)23)12-16(17)19(24)21-13-15-6-4-2-1-3-5-7-15;;/h8,10,12H,1-7,9,11,13H2,(H,21,24)(H,22,23);2*1H2. The fourth-order valence-corrected chi connectivity index (χ4v) is 3.24. The van der Waals surface area contributed by atoms with Crippen molar-refractivity contribution in [3.8, 4) is 0 Å². The second kappa shape index (κ2) is 12.7. The van der Waals surface area contributed by atoms with E-state index in [9.17, 15) is 9.59 Å². The predicted molar refractivity (Wildman–Crippen MR) is 106 cm³/mol. The topological polar surface area (TPSA) is 66.4 Å². The number of aryl methyl sites for hydroxylation is 1. The minimum Gasteiger partial charge on any atom is -0.481 e. The molecule has 0 spiro atoms. The van der Waals surface area contributed by atoms with Crippen molar-refractivity contribution in [2.75, 3.05) is 6.54 Å². The van der Waals surface area contributed by atoms with Gasteiger partial charge >= 0.3 is 5.97 Å². The number of carboxylic acid groups (broad SMARTS) is 1. The molecule has 1 aromatic rings. The maximum Gasteiger partial charge on any atom is 0.303 e. The van der Waals surface area contributed by atoms with E-state index in [4.69, 9.17) is 16.7 Å². The van der Waals surface area contributed by atoms with Gasteiger partial charge in [-0.05, 0) is 42.9 Å². The number of halogens is 1. The van der Waals surface area contributed by atoms with Crippen molar-refractivity contribution in [2.24, 2.45) is 0 Å². The van der Waals surface area contributed by atoms with E-state index >= 15 is 0 Å². The molecule has 0 unspecified atom stereocenters. The van der Waals surface area contributed by atoms with Gasteiger partial charge in [0, 0.05) is 13.0 Å². The van der Waals surface area contributed by atoms with Crippen LogP contribution in [0.15, 0.2) is 18.2 Å². The quantitative estimate of drug-likeness (QED) is 0.726. The molecule has 26 heavy (non-hydrogen) atoms. The third-order valence-corrected chi connectivity index (χ3v) is 4.79. The Balaban J connectivity index is 0.00000312. The van der Waals surface area contributed by atoms with Crippen molar-refractivity contribution >= 4 is 23.5 Å². The van der Waals surface area contributed by atoms with Crippen molar-refractivity contribution in [3.05, 3.63) is 55.1 Å². The largest absolute Gasteiger partial charge is 0.481 e. The van der Waals surface area contributed by atoms with Gasteiger partial charge in [-0.3, -0.25) is 9.59 Å². The molecule has 5 radical (unpaired) electrons. The molecule has 1 aliphatic rings. The van der Waals surface area contributed by atoms with Crippen LogP contribution in [0.2, 0.25) is 5.02 Å². The minimum absolute atomic E-state index is 0. The van der Waals surface area contributed by atoms with Crippen LogP contribution in [0, 0.1) is 20.8 Å². The fraction of sp³-hybridized carbons (Fsp3) is 0.476. The van der Waals surface area contributed by atoms with Gasteiger partial charge in [0.05, 0.1) is 10.6 Å². The molecule has 143 valence electrons. The zero-order valence-electron chi connectivity index (χ0n) is 15.4. The summed E-state index contributed by atoms with van der Waals surface area (Å²) in [6.07, 6.45) is 8.89. The number of hydrogen-bond acceptors (Lipinski definition) is 2. The van der Waals surface area contributed by atoms with Crippen LogP contribution in [0.1, 0.15) is 67.3 Å². The molecule has 0 aromatic heterocycles. The first-order valence-corrected chi connectivity index (χ1v) is 9.06. The first-order valence-electron chi connectivity index (χ1n) is 8.68. The molecule has 2 N–H and O–H groups in total. The molecule has 0 atom stereocenters. The van der Waals surface area contributed by atoms with Crippen LogP contribution in [0.3, 0.4) is 0 Å². The molecular formula is C21H29ClNO3. The van der Waals surface area contributed by atoms with Gasteiger partial charge in [0.2, 0.25) is 0 Å². The van der Waals surface area contributed by atoms with Gasteiger partial charge in [-0.15, -0.1) is 0 Å². The lowest BCUT2D eigenvalue weighted by Crippen LogP contribution is -2.29. The summed E-state index contributed by atoms with van der Waals surface area (Å²) in [5.41, 5.74) is 1.23. The van der Waals surface area contributed by atoms with E-state index in [2.05, 4.69) is 5.32 Å². The normalized spacial score (nSPS) is 15.0. The molecule has 5 heteroatoms. The Bertz CT molecular complexity index is 566. The lowest BCUT2D eigenvalue weighted by Gasteiger charge is -2.19. The highest BCUT2D eigenvalue weighted by Gasteiger charge is 2.16. The maximum atomic E-state index is 12.4. The van der Waals surface area contributed by atoms with Crippen molar-refractivity contribution in [1.82, 2.24) is 5.32 Å². The van der Waals surface area contributed by atoms with Crippen molar-refractivity contribution in [2.45, 2.75) is 57.8 Å². The lowest BCUT2D eigenvalue weighted by atomic mass is 9.91. The first-order chi connectivity index (χ1) is 11.6. The molecule has 0 heterocycles. The van der Waals surface area contributed by atoms with Crippen LogP contribution in [0.5, 0.6) is 0 Å². The Morgan fingerprint density at radius 1 is 1.04 bits per heavy atom. The molecule has 1 aromatic carbocycles. The predicted octanol–water partition coefficient (Wildman–Crippen LogP) is 5.06. The molecule has 1 amide bonds. The van der Waals surface area contributed by atoms with E-state index in [0.717, 1.165) is 18.4 Å². The number of nitrogens with one attached hydrogen (secondary N) is 1. The Hall–Kier alpha value is -1.55. The number of aliphatic carboxylic acids is 1. The summed E-state index contributed by atoms with van der Waals surface area (Å²) >= 11 is 6.14. The van der Waals surface area contributed by atoms with E-state index in [1.165, 1.54) is 38.0 Å². The van der Waals surface area contributed by atoms with Gasteiger partial charge in [0.1, 0.15) is 0 Å². The number of benzene rings is 1. The summed E-state index contributed by atoms with van der Waals surface area (Å²) < 4.78 is 0. The number of carboxylic acids is 1. The van der Waals surface area contributed by atoms with Gasteiger partial charge in [-0.2, -0.15) is 0 Å². The average molecular weight is 379 g/mol. The van der Waals surface area contributed by atoms with Crippen molar-refractivity contribution < 1.29 is 14.7 Å². The summed E-state index contributed by atoms with van der Waals surface area (Å²) in [4.78, 5) is 23.1. The summed E-state index contributed by atoms with van der Waals surface area (Å²) in [5, 5.41) is 12.1. The SMILES string of the molecule is O=C(O)CCc1ccc(Cl)c(C(=O)NC[C]2CCCCCCC2)c1.[CH2].[CH2]. The van der Waals surface area contributed by atoms with Crippen molar-refractivity contribution in [1.29, 1.82) is 0 Å². The highest BCUT2D eigenvalue weighted by Crippen LogP contribution is 2.24. The zero-order valence-corrected chi connectivity index (χ0v) is 16.1. The second-order valence-corrected chi connectivity index (χ2v) is 6.82. The fourth-order valence-electron chi connectivity index (χ4n) is 3.04. The van der Waals surface area contributed by atoms with Crippen LogP contribution in [-0.4, -0.2) is 23.5 Å². The number of hydrogen-bond donors (Lipinski definition) is 2. The van der Waals surface area contributed by atoms with Gasteiger partial charge in [-0.25, -0.2) is 0 Å². The van der Waals surface area contributed by atoms with Gasteiger partial charge in [-0.1, -0.05) is 64.6 Å². The molecule has 0 saturated heterocycles. The van der Waals surface area contributed by atoms with Crippen LogP contribution in [0.4, 0.5) is 0 Å². The summed E-state index contributed by atoms with van der Waals surface area (Å²) in [5.74, 6) is 0.365. The second-order valence-electron chi connectivity index (χ2n) is 6.41. The molecule has 4 nitrogen and oxygen atoms in total. The number of amides is 1. The zero-order chi connectivity index (χ0) is 17.4. The van der Waals surface area contributed by atoms with E-state index < -0.39 is 5.97 Å². The van der Waals surface area contributed by atoms with Gasteiger partial charge in [0.15, 0.2) is 0 Å². The summed E-state index contributed by atoms with van der Waals surface area (Å²) in [6, 6.07) is 5.13. The third kappa shape index (κ3) is 8.22. The Kier molecular flexibility index (Phi) is 12.0. The molecule has 1 aliphatic carbocycles. The molecule has 0 aliphatic heterocycles. The number of rotatable bonds is 6. The van der Waals surface area contributed by atoms with E-state index in [0.29, 0.717) is 23.6 Å². The van der Waals surface area contributed by atoms with Gasteiger partial charge in [0.25, 0.3) is 5.91 Å². The van der Waals surface area contributed by atoms with Crippen LogP contribution in [0.25, 0.3) is 0 Å². The van der Waals surface area contributed by atoms with E-state index in [1.54, 1.807) is 18.2 Å². The Morgan fingerprint density at radius 3 is 2.27 bits per heavy atom. The molecular weight excluding hydrogens is 350 g/mol. The van der Waals surface area contributed by atoms with E-state index in [1.807, 2.05) is 0 Å². The molecule has 1 saturated carbocycles. The van der Waals surface area contributed by atoms with Crippen LogP contribution < -0.4 is 5.32 Å². The summed E-state index contributed by atoms with van der Waals surface area (Å²) in [7, 11) is 0. The van der Waals surface area contributed by atoms with Crippen molar-refractivity contribution in [3.63, 3.8) is 0 Å². The van der Waals surface area contributed by atoms with Crippen LogP contribution in [-0.2, 0) is 11.2 Å². The van der Waals surface area contributed by atoms with E-state index in [-0.39, 0.29) is 27.2 Å². The highest BCUT2D eigenvalue weighted by molar-refractivity contribution is 6.33. The van der Waals surface area contributed by atoms with Gasteiger partial charge < -0.3 is 10.4 Å². The number of carbonyl (C=O) groups is 2. The lowest BCUT2D eigenvalue weighted by molar-refractivity contribution is -0.136. The average Bonchev–Trinajstić information content (AvgIpc) is 2.52. The third-order valence-electron chi connectivity index (χ3n) is 4.46. The molecule has 0 bridgehead atoms. The smallest absolute Gasteiger partial charge is 0.303 e. The highest BCUT2D eigenvalue weighted by atomic mass is 35.5. The monoisotopic (exact) mass is 378 g/mol.